The third-order valence-corrected chi connectivity index (χ3v) is 4.87. The minimum atomic E-state index is -0.636. The maximum Gasteiger partial charge on any atom is 0.331 e. The average molecular weight is 399 g/mol. The standard InChI is InChI=1S/C18H17N5O4S/c1-10-4-6-11(7-5-10)21-16(25)14-15(20-9-19-14)22-18-23(2)17(26)12(28-18)8-13(24)27-3/h4-9H,1-3H3,(H,19,20)(H,21,25). The Morgan fingerprint density at radius 2 is 2.04 bits per heavy atom. The molecule has 2 N–H and O–H groups in total. The van der Waals surface area contributed by atoms with E-state index in [-0.39, 0.29) is 21.6 Å². The molecule has 1 aliphatic heterocycles. The number of aromatic nitrogens is 2. The molecular formula is C18H17N5O4S. The number of ether oxygens (including phenoxy) is 1. The van der Waals surface area contributed by atoms with Crippen LogP contribution >= 0.6 is 11.8 Å². The Labute approximate surface area is 164 Å². The van der Waals surface area contributed by atoms with Crippen LogP contribution in [0.15, 0.2) is 46.6 Å². The summed E-state index contributed by atoms with van der Waals surface area (Å²) in [6, 6.07) is 7.35. The molecule has 144 valence electrons. The Hall–Kier alpha value is -3.40. The maximum atomic E-state index is 12.5. The van der Waals surface area contributed by atoms with Crippen molar-refractivity contribution < 1.29 is 19.1 Å². The fraction of sp³-hybridized carbons (Fsp3) is 0.167. The largest absolute Gasteiger partial charge is 0.466 e. The first-order valence-corrected chi connectivity index (χ1v) is 8.96. The van der Waals surface area contributed by atoms with E-state index in [0.717, 1.165) is 23.4 Å². The van der Waals surface area contributed by atoms with Gasteiger partial charge >= 0.3 is 5.97 Å². The van der Waals surface area contributed by atoms with Gasteiger partial charge in [-0.05, 0) is 30.8 Å². The van der Waals surface area contributed by atoms with Gasteiger partial charge in [-0.3, -0.25) is 14.5 Å². The number of aryl methyl sites for hydroxylation is 1. The van der Waals surface area contributed by atoms with E-state index in [2.05, 4.69) is 25.0 Å². The van der Waals surface area contributed by atoms with Crippen LogP contribution in [0.3, 0.4) is 0 Å². The van der Waals surface area contributed by atoms with E-state index in [1.54, 1.807) is 12.1 Å². The molecule has 2 aromatic rings. The van der Waals surface area contributed by atoms with Gasteiger partial charge in [0.1, 0.15) is 0 Å². The first-order valence-electron chi connectivity index (χ1n) is 8.14. The topological polar surface area (TPSA) is 117 Å². The zero-order valence-corrected chi connectivity index (χ0v) is 16.2. The smallest absolute Gasteiger partial charge is 0.331 e. The number of amidine groups is 1. The Morgan fingerprint density at radius 3 is 2.71 bits per heavy atom. The fourth-order valence-electron chi connectivity index (χ4n) is 2.28. The molecule has 0 atom stereocenters. The van der Waals surface area contributed by atoms with Gasteiger partial charge in [0, 0.05) is 18.8 Å². The van der Waals surface area contributed by atoms with Crippen LogP contribution in [0.2, 0.25) is 0 Å². The van der Waals surface area contributed by atoms with Crippen molar-refractivity contribution in [3.05, 3.63) is 52.8 Å². The second-order valence-corrected chi connectivity index (χ2v) is 6.82. The molecule has 2 amide bonds. The summed E-state index contributed by atoms with van der Waals surface area (Å²) in [7, 11) is 2.75. The van der Waals surface area contributed by atoms with Crippen molar-refractivity contribution in [3.8, 4) is 0 Å². The van der Waals surface area contributed by atoms with Gasteiger partial charge in [0.15, 0.2) is 16.7 Å². The van der Waals surface area contributed by atoms with Gasteiger partial charge in [-0.25, -0.2) is 14.8 Å². The molecule has 0 spiro atoms. The lowest BCUT2D eigenvalue weighted by molar-refractivity contribution is -0.135. The number of esters is 1. The lowest BCUT2D eigenvalue weighted by Gasteiger charge is -2.07. The summed E-state index contributed by atoms with van der Waals surface area (Å²) < 4.78 is 4.54. The van der Waals surface area contributed by atoms with E-state index in [1.165, 1.54) is 25.4 Å². The summed E-state index contributed by atoms with van der Waals surface area (Å²) in [5.74, 6) is -1.31. The van der Waals surface area contributed by atoms with Gasteiger partial charge in [0.2, 0.25) is 0 Å². The van der Waals surface area contributed by atoms with Gasteiger partial charge in [-0.1, -0.05) is 17.7 Å². The number of carbonyl (C=O) groups is 3. The zero-order chi connectivity index (χ0) is 20.3. The van der Waals surface area contributed by atoms with E-state index >= 15 is 0 Å². The number of anilines is 1. The molecule has 9 nitrogen and oxygen atoms in total. The monoisotopic (exact) mass is 399 g/mol. The van der Waals surface area contributed by atoms with Crippen molar-refractivity contribution in [2.45, 2.75) is 6.92 Å². The molecule has 0 aliphatic carbocycles. The number of methoxy groups -OCH3 is 1. The third-order valence-electron chi connectivity index (χ3n) is 3.81. The molecule has 1 saturated heterocycles. The second kappa shape index (κ2) is 8.09. The first kappa shape index (κ1) is 19.4. The first-order chi connectivity index (χ1) is 13.4. The van der Waals surface area contributed by atoms with Gasteiger partial charge in [-0.15, -0.1) is 0 Å². The second-order valence-electron chi connectivity index (χ2n) is 5.81. The van der Waals surface area contributed by atoms with Crippen molar-refractivity contribution in [3.63, 3.8) is 0 Å². The fourth-order valence-corrected chi connectivity index (χ4v) is 3.21. The van der Waals surface area contributed by atoms with Crippen LogP contribution in [0.5, 0.6) is 0 Å². The molecular weight excluding hydrogens is 382 g/mol. The maximum absolute atomic E-state index is 12.5. The number of aromatic amines is 1. The summed E-state index contributed by atoms with van der Waals surface area (Å²) in [6.07, 6.45) is 2.44. The van der Waals surface area contributed by atoms with E-state index in [0.29, 0.717) is 5.69 Å². The molecule has 0 saturated carbocycles. The minimum Gasteiger partial charge on any atom is -0.466 e. The molecule has 1 aliphatic rings. The third kappa shape index (κ3) is 4.12. The molecule has 1 fully saturated rings. The van der Waals surface area contributed by atoms with Crippen molar-refractivity contribution in [2.75, 3.05) is 19.5 Å². The number of imidazole rings is 1. The Bertz CT molecular complexity index is 994. The summed E-state index contributed by atoms with van der Waals surface area (Å²) in [5, 5.41) is 3.05. The van der Waals surface area contributed by atoms with Crippen molar-refractivity contribution in [1.29, 1.82) is 0 Å². The number of hydrogen-bond donors (Lipinski definition) is 2. The number of H-pyrrole nitrogens is 1. The number of nitrogens with zero attached hydrogens (tertiary/aromatic N) is 3. The van der Waals surface area contributed by atoms with E-state index in [9.17, 15) is 14.4 Å². The van der Waals surface area contributed by atoms with E-state index in [4.69, 9.17) is 0 Å². The molecule has 0 unspecified atom stereocenters. The Kier molecular flexibility index (Phi) is 5.59. The van der Waals surface area contributed by atoms with E-state index in [1.807, 2.05) is 19.1 Å². The molecule has 1 aromatic carbocycles. The summed E-state index contributed by atoms with van der Waals surface area (Å²) in [6.45, 7) is 1.95. The van der Waals surface area contributed by atoms with Gasteiger partial charge in [0.25, 0.3) is 11.8 Å². The van der Waals surface area contributed by atoms with Crippen LogP contribution in [-0.4, -0.2) is 52.0 Å². The predicted octanol–water partition coefficient (Wildman–Crippen LogP) is 2.22. The number of thioether (sulfide) groups is 1. The van der Waals surface area contributed by atoms with Crippen LogP contribution in [0.1, 0.15) is 16.1 Å². The summed E-state index contributed by atoms with van der Waals surface area (Å²) >= 11 is 0.996. The number of amides is 2. The van der Waals surface area contributed by atoms with Crippen LogP contribution in [-0.2, 0) is 14.3 Å². The zero-order valence-electron chi connectivity index (χ0n) is 15.3. The number of carbonyl (C=O) groups excluding carboxylic acids is 3. The highest BCUT2D eigenvalue weighted by Gasteiger charge is 2.32. The molecule has 3 rings (SSSR count). The van der Waals surface area contributed by atoms with Crippen LogP contribution in [0.4, 0.5) is 11.5 Å². The highest BCUT2D eigenvalue weighted by molar-refractivity contribution is 8.18. The number of benzene rings is 1. The molecule has 0 bridgehead atoms. The number of aliphatic imine (C=N–C) groups is 1. The SMILES string of the molecule is COC(=O)C=C1SC(=Nc2nc[nH]c2C(=O)Nc2ccc(C)cc2)N(C)C1=O. The number of nitrogens with one attached hydrogen (secondary N) is 2. The molecule has 1 aromatic heterocycles. The molecule has 10 heteroatoms. The lowest BCUT2D eigenvalue weighted by atomic mass is 10.2. The van der Waals surface area contributed by atoms with Crippen molar-refractivity contribution >= 4 is 46.2 Å². The Balaban J connectivity index is 1.82. The average Bonchev–Trinajstić information content (AvgIpc) is 3.24. The quantitative estimate of drug-likeness (QED) is 0.601. The van der Waals surface area contributed by atoms with Gasteiger partial charge in [0.05, 0.1) is 18.3 Å². The normalized spacial score (nSPS) is 16.7. The molecule has 28 heavy (non-hydrogen) atoms. The minimum absolute atomic E-state index is 0.131. The molecule has 2 heterocycles. The Morgan fingerprint density at radius 1 is 1.32 bits per heavy atom. The predicted molar refractivity (Wildman–Crippen MR) is 105 cm³/mol. The summed E-state index contributed by atoms with van der Waals surface area (Å²) in [4.78, 5) is 48.7. The van der Waals surface area contributed by atoms with Gasteiger partial charge < -0.3 is 15.0 Å². The van der Waals surface area contributed by atoms with E-state index < -0.39 is 17.8 Å². The van der Waals surface area contributed by atoms with Crippen molar-refractivity contribution in [2.24, 2.45) is 4.99 Å². The van der Waals surface area contributed by atoms with Crippen LogP contribution < -0.4 is 5.32 Å². The lowest BCUT2D eigenvalue weighted by Crippen LogP contribution is -2.24. The van der Waals surface area contributed by atoms with Crippen LogP contribution in [0.25, 0.3) is 0 Å². The highest BCUT2D eigenvalue weighted by atomic mass is 32.2. The summed E-state index contributed by atoms with van der Waals surface area (Å²) in [5.41, 5.74) is 1.86. The number of rotatable bonds is 4. The van der Waals surface area contributed by atoms with Gasteiger partial charge in [-0.2, -0.15) is 0 Å². The highest BCUT2D eigenvalue weighted by Crippen LogP contribution is 2.31. The van der Waals surface area contributed by atoms with Crippen LogP contribution in [0, 0.1) is 6.92 Å². The van der Waals surface area contributed by atoms with Crippen molar-refractivity contribution in [1.82, 2.24) is 14.9 Å². The molecule has 0 radical (unpaired) electrons. The number of hydrogen-bond acceptors (Lipinski definition) is 7. The number of likely N-dealkylation sites (N-methyl/N-ethyl adjacent to an activating group) is 1.